The normalized spacial score (nSPS) is 43.8. The minimum atomic E-state index is 0.905. The molecule has 0 saturated heterocycles. The summed E-state index contributed by atoms with van der Waals surface area (Å²) in [5.74, 6) is 5.69. The first-order valence-electron chi connectivity index (χ1n) is 6.00. The van der Waals surface area contributed by atoms with Gasteiger partial charge in [-0.15, -0.1) is 0 Å². The van der Waals surface area contributed by atoms with Crippen LogP contribution >= 0.6 is 0 Å². The smallest absolute Gasteiger partial charge is 0.0329 e. The fourth-order valence-electron chi connectivity index (χ4n) is 3.22. The Hall–Kier alpha value is 0. The molecule has 0 aromatic heterocycles. The molecule has 0 aliphatic heterocycles. The van der Waals surface area contributed by atoms with Crippen LogP contribution < -0.4 is 0 Å². The molecule has 4 unspecified atom stereocenters. The molecule has 4 atom stereocenters. The van der Waals surface area contributed by atoms with Crippen LogP contribution in [0.5, 0.6) is 0 Å². The van der Waals surface area contributed by atoms with E-state index in [0.29, 0.717) is 0 Å². The van der Waals surface area contributed by atoms with Crippen LogP contribution in [0.25, 0.3) is 0 Å². The SMILES string of the molecule is CCC(C)C(C)C1C(C)C(C)C1C. The van der Waals surface area contributed by atoms with E-state index in [9.17, 15) is 0 Å². The van der Waals surface area contributed by atoms with Crippen LogP contribution in [0, 0.1) is 35.5 Å². The summed E-state index contributed by atoms with van der Waals surface area (Å²) in [5, 5.41) is 0. The summed E-state index contributed by atoms with van der Waals surface area (Å²) < 4.78 is 0. The van der Waals surface area contributed by atoms with Gasteiger partial charge in [0.25, 0.3) is 0 Å². The standard InChI is InChI=1S/C13H26/c1-7-8(2)9(3)13-11(5)10(4)12(13)6/h8-13H,7H2,1-6H3. The van der Waals surface area contributed by atoms with E-state index in [4.69, 9.17) is 0 Å². The van der Waals surface area contributed by atoms with Gasteiger partial charge in [0.05, 0.1) is 0 Å². The fourth-order valence-corrected chi connectivity index (χ4v) is 3.22. The topological polar surface area (TPSA) is 0 Å². The third kappa shape index (κ3) is 1.78. The fraction of sp³-hybridized carbons (Fsp3) is 1.00. The van der Waals surface area contributed by atoms with Crippen LogP contribution in [-0.2, 0) is 0 Å². The Morgan fingerprint density at radius 1 is 0.923 bits per heavy atom. The second kappa shape index (κ2) is 4.02. The zero-order valence-corrected chi connectivity index (χ0v) is 10.2. The van der Waals surface area contributed by atoms with E-state index in [2.05, 4.69) is 41.5 Å². The molecule has 0 aromatic rings. The highest BCUT2D eigenvalue weighted by Crippen LogP contribution is 2.51. The quantitative estimate of drug-likeness (QED) is 0.613. The van der Waals surface area contributed by atoms with Gasteiger partial charge in [-0.1, -0.05) is 48.0 Å². The molecule has 0 amide bonds. The molecule has 0 N–H and O–H groups in total. The van der Waals surface area contributed by atoms with Gasteiger partial charge in [-0.25, -0.2) is 0 Å². The van der Waals surface area contributed by atoms with Crippen molar-refractivity contribution in [3.63, 3.8) is 0 Å². The Bertz CT molecular complexity index is 151. The van der Waals surface area contributed by atoms with E-state index in [0.717, 1.165) is 35.5 Å². The van der Waals surface area contributed by atoms with Crippen molar-refractivity contribution in [2.24, 2.45) is 35.5 Å². The monoisotopic (exact) mass is 182 g/mol. The molecule has 1 aliphatic carbocycles. The first-order valence-corrected chi connectivity index (χ1v) is 6.00. The minimum Gasteiger partial charge on any atom is -0.0651 e. The lowest BCUT2D eigenvalue weighted by Crippen LogP contribution is -2.46. The van der Waals surface area contributed by atoms with Crippen molar-refractivity contribution in [3.05, 3.63) is 0 Å². The lowest BCUT2D eigenvalue weighted by molar-refractivity contribution is -0.0386. The molecule has 78 valence electrons. The molecule has 13 heavy (non-hydrogen) atoms. The van der Waals surface area contributed by atoms with Gasteiger partial charge in [-0.2, -0.15) is 0 Å². The average molecular weight is 182 g/mol. The maximum Gasteiger partial charge on any atom is -0.0329 e. The van der Waals surface area contributed by atoms with Crippen molar-refractivity contribution in [2.45, 2.75) is 48.0 Å². The van der Waals surface area contributed by atoms with Crippen molar-refractivity contribution >= 4 is 0 Å². The Morgan fingerprint density at radius 3 is 1.77 bits per heavy atom. The summed E-state index contributed by atoms with van der Waals surface area (Å²) in [5.41, 5.74) is 0. The predicted molar refractivity (Wildman–Crippen MR) is 59.6 cm³/mol. The highest BCUT2D eigenvalue weighted by molar-refractivity contribution is 4.93. The van der Waals surface area contributed by atoms with Gasteiger partial charge < -0.3 is 0 Å². The summed E-state index contributed by atoms with van der Waals surface area (Å²) in [7, 11) is 0. The molecule has 1 aliphatic rings. The van der Waals surface area contributed by atoms with Crippen LogP contribution in [0.1, 0.15) is 48.0 Å². The third-order valence-electron chi connectivity index (χ3n) is 5.02. The van der Waals surface area contributed by atoms with Crippen molar-refractivity contribution < 1.29 is 0 Å². The summed E-state index contributed by atoms with van der Waals surface area (Å²) in [4.78, 5) is 0. The summed E-state index contributed by atoms with van der Waals surface area (Å²) >= 11 is 0. The van der Waals surface area contributed by atoms with E-state index in [1.54, 1.807) is 0 Å². The van der Waals surface area contributed by atoms with Gasteiger partial charge >= 0.3 is 0 Å². The van der Waals surface area contributed by atoms with Crippen LogP contribution in [0.4, 0.5) is 0 Å². The average Bonchev–Trinajstić information content (AvgIpc) is 2.16. The molecule has 1 rings (SSSR count). The van der Waals surface area contributed by atoms with Crippen LogP contribution in [-0.4, -0.2) is 0 Å². The van der Waals surface area contributed by atoms with E-state index >= 15 is 0 Å². The zero-order chi connectivity index (χ0) is 10.2. The van der Waals surface area contributed by atoms with Crippen molar-refractivity contribution in [1.29, 1.82) is 0 Å². The van der Waals surface area contributed by atoms with Crippen LogP contribution in [0.2, 0.25) is 0 Å². The molecule has 0 aromatic carbocycles. The summed E-state index contributed by atoms with van der Waals surface area (Å²) in [6, 6.07) is 0. The Morgan fingerprint density at radius 2 is 1.38 bits per heavy atom. The molecule has 0 heteroatoms. The lowest BCUT2D eigenvalue weighted by atomic mass is 9.53. The highest BCUT2D eigenvalue weighted by atomic mass is 14.5. The maximum atomic E-state index is 2.46. The largest absolute Gasteiger partial charge is 0.0651 e. The van der Waals surface area contributed by atoms with E-state index in [-0.39, 0.29) is 0 Å². The van der Waals surface area contributed by atoms with E-state index < -0.39 is 0 Å². The first kappa shape index (κ1) is 11.1. The van der Waals surface area contributed by atoms with Crippen molar-refractivity contribution in [2.75, 3.05) is 0 Å². The second-order valence-electron chi connectivity index (χ2n) is 5.40. The lowest BCUT2D eigenvalue weighted by Gasteiger charge is -2.52. The zero-order valence-electron chi connectivity index (χ0n) is 10.2. The summed E-state index contributed by atoms with van der Waals surface area (Å²) in [6.07, 6.45) is 1.34. The molecule has 0 radical (unpaired) electrons. The number of hydrogen-bond donors (Lipinski definition) is 0. The second-order valence-corrected chi connectivity index (χ2v) is 5.40. The Kier molecular flexibility index (Phi) is 3.43. The van der Waals surface area contributed by atoms with Gasteiger partial charge in [0.2, 0.25) is 0 Å². The molecule has 1 fully saturated rings. The van der Waals surface area contributed by atoms with Gasteiger partial charge in [0, 0.05) is 0 Å². The van der Waals surface area contributed by atoms with E-state index in [1.165, 1.54) is 6.42 Å². The Labute approximate surface area is 84.1 Å². The predicted octanol–water partition coefficient (Wildman–Crippen LogP) is 4.21. The van der Waals surface area contributed by atoms with E-state index in [1.807, 2.05) is 0 Å². The number of hydrogen-bond acceptors (Lipinski definition) is 0. The van der Waals surface area contributed by atoms with Crippen molar-refractivity contribution in [1.82, 2.24) is 0 Å². The molecule has 0 bridgehead atoms. The molecule has 0 nitrogen and oxygen atoms in total. The third-order valence-corrected chi connectivity index (χ3v) is 5.02. The molecular formula is C13H26. The molecular weight excluding hydrogens is 156 g/mol. The van der Waals surface area contributed by atoms with Gasteiger partial charge in [-0.05, 0) is 35.5 Å². The van der Waals surface area contributed by atoms with Gasteiger partial charge in [0.15, 0.2) is 0 Å². The van der Waals surface area contributed by atoms with Crippen molar-refractivity contribution in [3.8, 4) is 0 Å². The Balaban J connectivity index is 2.53. The maximum absolute atomic E-state index is 2.46. The molecule has 0 heterocycles. The van der Waals surface area contributed by atoms with Crippen LogP contribution in [0.15, 0.2) is 0 Å². The first-order chi connectivity index (χ1) is 6.00. The summed E-state index contributed by atoms with van der Waals surface area (Å²) in [6.45, 7) is 14.5. The number of rotatable bonds is 3. The highest BCUT2D eigenvalue weighted by Gasteiger charge is 2.45. The molecule has 0 spiro atoms. The van der Waals surface area contributed by atoms with Gasteiger partial charge in [-0.3, -0.25) is 0 Å². The molecule has 1 saturated carbocycles. The minimum absolute atomic E-state index is 0.905. The van der Waals surface area contributed by atoms with Gasteiger partial charge in [0.1, 0.15) is 0 Å². The van der Waals surface area contributed by atoms with Crippen LogP contribution in [0.3, 0.4) is 0 Å².